The predicted molar refractivity (Wildman–Crippen MR) is 123 cm³/mol. The summed E-state index contributed by atoms with van der Waals surface area (Å²) >= 11 is 1.29. The van der Waals surface area contributed by atoms with Crippen molar-refractivity contribution in [3.8, 4) is 11.5 Å². The van der Waals surface area contributed by atoms with E-state index in [1.807, 2.05) is 42.8 Å². The first-order valence-electron chi connectivity index (χ1n) is 10.1. The fourth-order valence-electron chi connectivity index (χ4n) is 3.01. The molecule has 168 valence electrons. The molecule has 0 bridgehead atoms. The van der Waals surface area contributed by atoms with Crippen molar-refractivity contribution in [1.82, 2.24) is 14.8 Å². The van der Waals surface area contributed by atoms with Crippen LogP contribution in [0.4, 0.5) is 5.69 Å². The zero-order valence-electron chi connectivity index (χ0n) is 18.7. The van der Waals surface area contributed by atoms with Crippen molar-refractivity contribution < 1.29 is 19.1 Å². The number of carbonyl (C=O) groups excluding carboxylic acids is 2. The second kappa shape index (κ2) is 10.3. The molecule has 0 aliphatic carbocycles. The van der Waals surface area contributed by atoms with Gasteiger partial charge in [0.2, 0.25) is 5.91 Å². The molecule has 0 saturated heterocycles. The number of amides is 1. The van der Waals surface area contributed by atoms with Crippen molar-refractivity contribution in [3.05, 3.63) is 59.9 Å². The maximum atomic E-state index is 12.6. The molecule has 8 nitrogen and oxygen atoms in total. The quantitative estimate of drug-likeness (QED) is 0.381. The number of aromatic nitrogens is 3. The van der Waals surface area contributed by atoms with E-state index in [4.69, 9.17) is 9.47 Å². The van der Waals surface area contributed by atoms with E-state index in [9.17, 15) is 9.59 Å². The molecule has 0 saturated carbocycles. The van der Waals surface area contributed by atoms with Gasteiger partial charge in [0.1, 0.15) is 0 Å². The fourth-order valence-corrected chi connectivity index (χ4v) is 3.84. The van der Waals surface area contributed by atoms with Crippen LogP contribution in [0.3, 0.4) is 0 Å². The van der Waals surface area contributed by atoms with E-state index in [1.54, 1.807) is 38.3 Å². The van der Waals surface area contributed by atoms with Gasteiger partial charge in [-0.05, 0) is 45.0 Å². The summed E-state index contributed by atoms with van der Waals surface area (Å²) in [5, 5.41) is 11.5. The number of hydrogen-bond donors (Lipinski definition) is 1. The van der Waals surface area contributed by atoms with Gasteiger partial charge in [-0.1, -0.05) is 36.0 Å². The van der Waals surface area contributed by atoms with Crippen LogP contribution in [0.5, 0.6) is 11.5 Å². The van der Waals surface area contributed by atoms with E-state index in [2.05, 4.69) is 15.5 Å². The van der Waals surface area contributed by atoms with Gasteiger partial charge in [-0.15, -0.1) is 10.2 Å². The summed E-state index contributed by atoms with van der Waals surface area (Å²) < 4.78 is 13.2. The van der Waals surface area contributed by atoms with Crippen molar-refractivity contribution in [2.24, 2.45) is 7.05 Å². The van der Waals surface area contributed by atoms with Crippen LogP contribution in [0.1, 0.15) is 43.1 Å². The molecule has 1 N–H and O–H groups in total. The molecule has 1 aromatic heterocycles. The third-order valence-corrected chi connectivity index (χ3v) is 5.93. The number of ketones is 1. The Hall–Kier alpha value is -3.33. The highest BCUT2D eigenvalue weighted by atomic mass is 32.2. The molecule has 0 spiro atoms. The number of nitrogens with one attached hydrogen (secondary N) is 1. The lowest BCUT2D eigenvalue weighted by molar-refractivity contribution is -0.115. The lowest BCUT2D eigenvalue weighted by Gasteiger charge is -2.16. The Balaban J connectivity index is 1.66. The van der Waals surface area contributed by atoms with Crippen LogP contribution in [0.2, 0.25) is 0 Å². The van der Waals surface area contributed by atoms with Crippen molar-refractivity contribution in [3.63, 3.8) is 0 Å². The van der Waals surface area contributed by atoms with Crippen LogP contribution in [-0.4, -0.2) is 38.8 Å². The molecule has 1 heterocycles. The minimum atomic E-state index is -0.433. The van der Waals surface area contributed by atoms with E-state index in [0.29, 0.717) is 33.7 Å². The van der Waals surface area contributed by atoms with Crippen LogP contribution < -0.4 is 14.8 Å². The number of Topliss-reactive ketones (excluding diaryl/α,β-unsaturated/α-hetero) is 1. The van der Waals surface area contributed by atoms with Crippen molar-refractivity contribution in [1.29, 1.82) is 0 Å². The molecule has 0 aliphatic rings. The Kier molecular flexibility index (Phi) is 7.53. The SMILES string of the molecule is COc1ccccc1OC(C)c1nnc(SC(C)C(=O)Nc2cccc(C(C)=O)c2)n1C. The van der Waals surface area contributed by atoms with E-state index in [-0.39, 0.29) is 17.8 Å². The number of rotatable bonds is 9. The number of anilines is 1. The Bertz CT molecular complexity index is 1110. The largest absolute Gasteiger partial charge is 0.493 e. The summed E-state index contributed by atoms with van der Waals surface area (Å²) in [4.78, 5) is 24.2. The first-order valence-corrected chi connectivity index (χ1v) is 11.0. The number of ether oxygens (including phenoxy) is 2. The molecule has 1 amide bonds. The van der Waals surface area contributed by atoms with Gasteiger partial charge in [0.25, 0.3) is 0 Å². The molecule has 32 heavy (non-hydrogen) atoms. The van der Waals surface area contributed by atoms with Crippen molar-refractivity contribution in [2.45, 2.75) is 37.3 Å². The van der Waals surface area contributed by atoms with Crippen molar-refractivity contribution >= 4 is 29.1 Å². The van der Waals surface area contributed by atoms with Gasteiger partial charge in [0.15, 0.2) is 34.4 Å². The predicted octanol–water partition coefficient (Wildman–Crippen LogP) is 4.29. The Morgan fingerprint density at radius 1 is 1.06 bits per heavy atom. The Morgan fingerprint density at radius 2 is 1.78 bits per heavy atom. The number of methoxy groups -OCH3 is 1. The van der Waals surface area contributed by atoms with Gasteiger partial charge < -0.3 is 19.4 Å². The summed E-state index contributed by atoms with van der Waals surface area (Å²) in [7, 11) is 3.42. The van der Waals surface area contributed by atoms with Crippen LogP contribution in [-0.2, 0) is 11.8 Å². The van der Waals surface area contributed by atoms with Gasteiger partial charge in [0, 0.05) is 18.3 Å². The van der Waals surface area contributed by atoms with Crippen molar-refractivity contribution in [2.75, 3.05) is 12.4 Å². The fraction of sp³-hybridized carbons (Fsp3) is 0.304. The number of para-hydroxylation sites is 2. The molecular weight excluding hydrogens is 428 g/mol. The molecule has 3 aromatic rings. The third-order valence-electron chi connectivity index (χ3n) is 4.79. The summed E-state index contributed by atoms with van der Waals surface area (Å²) in [6.45, 7) is 5.16. The normalized spacial score (nSPS) is 12.7. The average molecular weight is 455 g/mol. The van der Waals surface area contributed by atoms with Crippen LogP contribution in [0, 0.1) is 0 Å². The number of nitrogens with zero attached hydrogens (tertiary/aromatic N) is 3. The minimum absolute atomic E-state index is 0.0559. The molecule has 0 fully saturated rings. The minimum Gasteiger partial charge on any atom is -0.493 e. The van der Waals surface area contributed by atoms with E-state index in [0.717, 1.165) is 0 Å². The number of thioether (sulfide) groups is 1. The van der Waals surface area contributed by atoms with Crippen LogP contribution >= 0.6 is 11.8 Å². The van der Waals surface area contributed by atoms with Gasteiger partial charge in [0.05, 0.1) is 12.4 Å². The zero-order valence-corrected chi connectivity index (χ0v) is 19.5. The number of carbonyl (C=O) groups is 2. The zero-order chi connectivity index (χ0) is 23.3. The summed E-state index contributed by atoms with van der Waals surface area (Å²) in [5.41, 5.74) is 1.12. The standard InChI is InChI=1S/C23H26N4O4S/c1-14(28)17-9-8-10-18(13-17)24-22(29)16(3)32-23-26-25-21(27(23)4)15(2)31-20-12-7-6-11-19(20)30-5/h6-13,15-16H,1-5H3,(H,24,29). The monoisotopic (exact) mass is 454 g/mol. The smallest absolute Gasteiger partial charge is 0.237 e. The molecule has 0 radical (unpaired) electrons. The third kappa shape index (κ3) is 5.47. The maximum Gasteiger partial charge on any atom is 0.237 e. The highest BCUT2D eigenvalue weighted by molar-refractivity contribution is 8.00. The van der Waals surface area contributed by atoms with E-state index < -0.39 is 5.25 Å². The maximum absolute atomic E-state index is 12.6. The van der Waals surface area contributed by atoms with E-state index >= 15 is 0 Å². The first kappa shape index (κ1) is 23.3. The number of hydrogen-bond acceptors (Lipinski definition) is 7. The molecule has 9 heteroatoms. The summed E-state index contributed by atoms with van der Waals surface area (Å²) in [6.07, 6.45) is -0.378. The van der Waals surface area contributed by atoms with Gasteiger partial charge in [-0.25, -0.2) is 0 Å². The second-order valence-corrected chi connectivity index (χ2v) is 8.51. The molecular formula is C23H26N4O4S. The lowest BCUT2D eigenvalue weighted by Crippen LogP contribution is -2.23. The Morgan fingerprint density at radius 3 is 2.47 bits per heavy atom. The molecule has 2 unspecified atom stereocenters. The van der Waals surface area contributed by atoms with Crippen LogP contribution in [0.25, 0.3) is 0 Å². The molecule has 2 atom stereocenters. The number of benzene rings is 2. The lowest BCUT2D eigenvalue weighted by atomic mass is 10.1. The Labute approximate surface area is 191 Å². The highest BCUT2D eigenvalue weighted by Gasteiger charge is 2.22. The molecule has 3 rings (SSSR count). The highest BCUT2D eigenvalue weighted by Crippen LogP contribution is 2.31. The average Bonchev–Trinajstić information content (AvgIpc) is 3.14. The van der Waals surface area contributed by atoms with E-state index in [1.165, 1.54) is 18.7 Å². The first-order chi connectivity index (χ1) is 15.3. The van der Waals surface area contributed by atoms with Crippen LogP contribution in [0.15, 0.2) is 53.7 Å². The topological polar surface area (TPSA) is 95.3 Å². The molecule has 0 aliphatic heterocycles. The summed E-state index contributed by atoms with van der Waals surface area (Å²) in [6, 6.07) is 14.3. The van der Waals surface area contributed by atoms with Gasteiger partial charge in [-0.3, -0.25) is 9.59 Å². The van der Waals surface area contributed by atoms with Gasteiger partial charge in [-0.2, -0.15) is 0 Å². The second-order valence-electron chi connectivity index (χ2n) is 7.20. The summed E-state index contributed by atoms with van der Waals surface area (Å²) in [5.74, 6) is 1.62. The molecule has 2 aromatic carbocycles. The van der Waals surface area contributed by atoms with Gasteiger partial charge >= 0.3 is 0 Å².